The Morgan fingerprint density at radius 3 is 2.68 bits per heavy atom. The first-order chi connectivity index (χ1) is 9.01. The van der Waals surface area contributed by atoms with Crippen LogP contribution in [-0.4, -0.2) is 11.9 Å². The Morgan fingerprint density at radius 1 is 1.32 bits per heavy atom. The molecule has 2 rings (SSSR count). The summed E-state index contributed by atoms with van der Waals surface area (Å²) in [5.41, 5.74) is -1.49. The van der Waals surface area contributed by atoms with Gasteiger partial charge in [0.25, 0.3) is 0 Å². The Hall–Kier alpha value is -2.89. The van der Waals surface area contributed by atoms with E-state index in [4.69, 9.17) is 9.15 Å². The van der Waals surface area contributed by atoms with E-state index in [2.05, 4.69) is 6.58 Å². The van der Waals surface area contributed by atoms with Crippen LogP contribution in [0.3, 0.4) is 0 Å². The number of fused-ring (bicyclic) bond motifs is 1. The molecule has 6 nitrogen and oxygen atoms in total. The number of carboxylic acid groups (broad SMARTS) is 1. The summed E-state index contributed by atoms with van der Waals surface area (Å²) in [7, 11) is 0. The maximum absolute atomic E-state index is 11.4. The lowest BCUT2D eigenvalue weighted by molar-refractivity contribution is -0.255. The van der Waals surface area contributed by atoms with Crippen LogP contribution in [0.4, 0.5) is 0 Å². The van der Waals surface area contributed by atoms with Gasteiger partial charge in [0.1, 0.15) is 11.3 Å². The van der Waals surface area contributed by atoms with Crippen LogP contribution in [0.1, 0.15) is 10.4 Å². The summed E-state index contributed by atoms with van der Waals surface area (Å²) >= 11 is 0. The second-order valence-electron chi connectivity index (χ2n) is 3.56. The minimum absolute atomic E-state index is 0.101. The SMILES string of the molecule is C=CC(=O)Oc1ccc2cc(C(=O)[O-])c(=O)oc2c1. The minimum atomic E-state index is -1.61. The van der Waals surface area contributed by atoms with Gasteiger partial charge in [-0.1, -0.05) is 6.58 Å². The molecule has 0 amide bonds. The van der Waals surface area contributed by atoms with Crippen molar-refractivity contribution in [3.05, 3.63) is 52.9 Å². The smallest absolute Gasteiger partial charge is 0.345 e. The quantitative estimate of drug-likeness (QED) is 0.339. The van der Waals surface area contributed by atoms with Crippen LogP contribution in [-0.2, 0) is 4.79 Å². The van der Waals surface area contributed by atoms with Gasteiger partial charge in [-0.25, -0.2) is 9.59 Å². The van der Waals surface area contributed by atoms with Gasteiger partial charge in [-0.05, 0) is 18.2 Å². The van der Waals surface area contributed by atoms with Crippen LogP contribution < -0.4 is 15.5 Å². The Labute approximate surface area is 106 Å². The molecule has 0 aliphatic heterocycles. The topological polar surface area (TPSA) is 96.6 Å². The highest BCUT2D eigenvalue weighted by atomic mass is 16.5. The van der Waals surface area contributed by atoms with Crippen molar-refractivity contribution in [1.29, 1.82) is 0 Å². The van der Waals surface area contributed by atoms with Gasteiger partial charge in [0.05, 0.1) is 11.5 Å². The molecule has 1 aromatic carbocycles. The van der Waals surface area contributed by atoms with E-state index in [0.717, 1.165) is 12.1 Å². The highest BCUT2D eigenvalue weighted by Crippen LogP contribution is 2.20. The van der Waals surface area contributed by atoms with E-state index >= 15 is 0 Å². The Bertz CT molecular complexity index is 740. The van der Waals surface area contributed by atoms with Gasteiger partial charge in [-0.3, -0.25) is 0 Å². The molecule has 0 saturated carbocycles. The molecule has 0 bridgehead atoms. The molecule has 0 aliphatic rings. The molecule has 0 fully saturated rings. The van der Waals surface area contributed by atoms with Gasteiger partial charge in [0, 0.05) is 17.5 Å². The number of aromatic carboxylic acids is 1. The van der Waals surface area contributed by atoms with Crippen molar-refractivity contribution in [2.45, 2.75) is 0 Å². The lowest BCUT2D eigenvalue weighted by Gasteiger charge is -2.05. The van der Waals surface area contributed by atoms with Crippen LogP contribution in [0.15, 0.2) is 46.1 Å². The Balaban J connectivity index is 2.53. The van der Waals surface area contributed by atoms with Crippen molar-refractivity contribution in [3.8, 4) is 5.75 Å². The lowest BCUT2D eigenvalue weighted by Crippen LogP contribution is -2.28. The van der Waals surface area contributed by atoms with Crippen LogP contribution in [0.2, 0.25) is 0 Å². The largest absolute Gasteiger partial charge is 0.545 e. The zero-order chi connectivity index (χ0) is 14.0. The molecule has 1 heterocycles. The first-order valence-corrected chi connectivity index (χ1v) is 5.15. The summed E-state index contributed by atoms with van der Waals surface area (Å²) in [6, 6.07) is 5.33. The van der Waals surface area contributed by atoms with Crippen LogP contribution >= 0.6 is 0 Å². The molecule has 2 aromatic rings. The molecule has 0 radical (unpaired) electrons. The molecule has 0 N–H and O–H groups in total. The zero-order valence-electron chi connectivity index (χ0n) is 9.54. The fourth-order valence-corrected chi connectivity index (χ4v) is 1.46. The maximum atomic E-state index is 11.4. The van der Waals surface area contributed by atoms with E-state index < -0.39 is 23.1 Å². The number of ether oxygens (including phenoxy) is 1. The highest BCUT2D eigenvalue weighted by molar-refractivity contribution is 5.91. The number of carbonyl (C=O) groups excluding carboxylic acids is 2. The van der Waals surface area contributed by atoms with Crippen LogP contribution in [0, 0.1) is 0 Å². The van der Waals surface area contributed by atoms with Gasteiger partial charge in [-0.15, -0.1) is 0 Å². The minimum Gasteiger partial charge on any atom is -0.545 e. The van der Waals surface area contributed by atoms with Gasteiger partial charge in [0.15, 0.2) is 0 Å². The second-order valence-corrected chi connectivity index (χ2v) is 3.56. The highest BCUT2D eigenvalue weighted by Gasteiger charge is 2.08. The molecule has 19 heavy (non-hydrogen) atoms. The summed E-state index contributed by atoms with van der Waals surface area (Å²) in [5, 5.41) is 11.0. The summed E-state index contributed by atoms with van der Waals surface area (Å²) in [6.07, 6.45) is 0.986. The number of esters is 1. The number of carboxylic acids is 1. The number of benzene rings is 1. The predicted molar refractivity (Wildman–Crippen MR) is 62.6 cm³/mol. The molecule has 0 aliphatic carbocycles. The van der Waals surface area contributed by atoms with E-state index in [9.17, 15) is 19.5 Å². The van der Waals surface area contributed by atoms with Crippen molar-refractivity contribution >= 4 is 22.9 Å². The van der Waals surface area contributed by atoms with Crippen LogP contribution in [0.5, 0.6) is 5.75 Å². The van der Waals surface area contributed by atoms with Gasteiger partial charge >= 0.3 is 11.6 Å². The van der Waals surface area contributed by atoms with Gasteiger partial charge in [0.2, 0.25) is 0 Å². The predicted octanol–water partition coefficient (Wildman–Crippen LogP) is 0.248. The molecule has 0 saturated heterocycles. The van der Waals surface area contributed by atoms with E-state index in [1.807, 2.05) is 0 Å². The average molecular weight is 259 g/mol. The number of rotatable bonds is 3. The summed E-state index contributed by atoms with van der Waals surface area (Å²) in [4.78, 5) is 33.0. The molecular formula is C13H7O6-. The second kappa shape index (κ2) is 4.77. The normalized spacial score (nSPS) is 10.1. The third-order valence-corrected chi connectivity index (χ3v) is 2.31. The molecule has 0 atom stereocenters. The van der Waals surface area contributed by atoms with Gasteiger partial charge < -0.3 is 19.1 Å². The van der Waals surface area contributed by atoms with Crippen LogP contribution in [0.25, 0.3) is 11.0 Å². The van der Waals surface area contributed by atoms with Crippen molar-refractivity contribution in [2.75, 3.05) is 0 Å². The standard InChI is InChI=1S/C13H8O6/c1-2-11(14)18-8-4-3-7-5-9(12(15)16)13(17)19-10(7)6-8/h2-6H,1H2,(H,15,16)/p-1. The molecule has 0 unspecified atom stereocenters. The zero-order valence-corrected chi connectivity index (χ0v) is 9.54. The van der Waals surface area contributed by atoms with Crippen molar-refractivity contribution in [1.82, 2.24) is 0 Å². The molecule has 1 aromatic heterocycles. The first-order valence-electron chi connectivity index (χ1n) is 5.15. The molecule has 96 valence electrons. The Morgan fingerprint density at radius 2 is 2.05 bits per heavy atom. The summed E-state index contributed by atoms with van der Waals surface area (Å²) in [6.45, 7) is 3.24. The van der Waals surface area contributed by atoms with E-state index in [1.54, 1.807) is 0 Å². The summed E-state index contributed by atoms with van der Waals surface area (Å²) < 4.78 is 9.66. The fourth-order valence-electron chi connectivity index (χ4n) is 1.46. The van der Waals surface area contributed by atoms with Crippen molar-refractivity contribution in [2.24, 2.45) is 0 Å². The van der Waals surface area contributed by atoms with Crippen molar-refractivity contribution in [3.63, 3.8) is 0 Å². The van der Waals surface area contributed by atoms with E-state index in [0.29, 0.717) is 5.39 Å². The number of hydrogen-bond donors (Lipinski definition) is 0. The van der Waals surface area contributed by atoms with E-state index in [-0.39, 0.29) is 11.3 Å². The van der Waals surface area contributed by atoms with E-state index in [1.165, 1.54) is 18.2 Å². The molecule has 0 spiro atoms. The molecule has 6 heteroatoms. The fraction of sp³-hybridized carbons (Fsp3) is 0. The lowest BCUT2D eigenvalue weighted by atomic mass is 10.2. The monoisotopic (exact) mass is 259 g/mol. The van der Waals surface area contributed by atoms with Crippen molar-refractivity contribution < 1.29 is 23.8 Å². The Kier molecular flexibility index (Phi) is 3.15. The summed E-state index contributed by atoms with van der Waals surface area (Å²) in [5.74, 6) is -2.12. The average Bonchev–Trinajstić information content (AvgIpc) is 2.37. The number of hydrogen-bond acceptors (Lipinski definition) is 6. The van der Waals surface area contributed by atoms with Gasteiger partial charge in [-0.2, -0.15) is 0 Å². The maximum Gasteiger partial charge on any atom is 0.345 e. The number of carbonyl (C=O) groups is 2. The first kappa shape index (κ1) is 12.6. The molecular weight excluding hydrogens is 252 g/mol. The third kappa shape index (κ3) is 2.52. The third-order valence-electron chi connectivity index (χ3n) is 2.31.